The van der Waals surface area contributed by atoms with Crippen LogP contribution in [0.4, 0.5) is 0 Å². The molecule has 0 saturated heterocycles. The van der Waals surface area contributed by atoms with E-state index >= 15 is 0 Å². The maximum Gasteiger partial charge on any atom is 0.314 e. The summed E-state index contributed by atoms with van der Waals surface area (Å²) in [6, 6.07) is 7.16. The van der Waals surface area contributed by atoms with Gasteiger partial charge in [0.15, 0.2) is 0 Å². The quantitative estimate of drug-likeness (QED) is 0.100. The van der Waals surface area contributed by atoms with Gasteiger partial charge in [0.25, 0.3) is 0 Å². The van der Waals surface area contributed by atoms with Gasteiger partial charge < -0.3 is 18.9 Å². The number of carbonyl (C=O) groups excluding carboxylic acids is 2. The van der Waals surface area contributed by atoms with Crippen molar-refractivity contribution in [2.24, 2.45) is 11.8 Å². The lowest BCUT2D eigenvalue weighted by Crippen LogP contribution is -2.29. The summed E-state index contributed by atoms with van der Waals surface area (Å²) in [5, 5.41) is 18.9. The Labute approximate surface area is 257 Å². The van der Waals surface area contributed by atoms with E-state index in [2.05, 4.69) is 13.8 Å². The number of thioether (sulfide) groups is 2. The molecule has 1 aliphatic heterocycles. The number of hydrogen-bond donors (Lipinski definition) is 0. The van der Waals surface area contributed by atoms with Crippen LogP contribution in [0.3, 0.4) is 0 Å². The average Bonchev–Trinajstić information content (AvgIpc) is 3.46. The van der Waals surface area contributed by atoms with Gasteiger partial charge in [0.1, 0.15) is 29.2 Å². The minimum absolute atomic E-state index is 0.0291. The molecule has 0 N–H and O–H groups in total. The Hall–Kier alpha value is -2.50. The lowest BCUT2D eigenvalue weighted by molar-refractivity contribution is -0.142. The van der Waals surface area contributed by atoms with E-state index in [0.29, 0.717) is 51.2 Å². The van der Waals surface area contributed by atoms with E-state index in [9.17, 15) is 20.1 Å². The van der Waals surface area contributed by atoms with E-state index in [1.54, 1.807) is 12.1 Å². The van der Waals surface area contributed by atoms with Crippen LogP contribution in [0.2, 0.25) is 0 Å². The molecule has 42 heavy (non-hydrogen) atoms. The first-order chi connectivity index (χ1) is 20.5. The Morgan fingerprint density at radius 2 is 1.14 bits per heavy atom. The third-order valence-corrected chi connectivity index (χ3v) is 10.6. The topological polar surface area (TPSA) is 119 Å². The van der Waals surface area contributed by atoms with Gasteiger partial charge in [0, 0.05) is 13.2 Å². The normalized spacial score (nSPS) is 23.4. The number of nitrogens with zero attached hydrogens (tertiary/aromatic N) is 2. The molecule has 0 aromatic heterocycles. The Kier molecular flexibility index (Phi) is 12.6. The van der Waals surface area contributed by atoms with Gasteiger partial charge in [-0.15, -0.1) is 0 Å². The zero-order valence-corrected chi connectivity index (χ0v) is 26.2. The van der Waals surface area contributed by atoms with Gasteiger partial charge in [-0.3, -0.25) is 9.59 Å². The van der Waals surface area contributed by atoms with Crippen LogP contribution < -0.4 is 9.47 Å². The highest BCUT2D eigenvalue weighted by atomic mass is 32.2. The van der Waals surface area contributed by atoms with Gasteiger partial charge in [-0.25, -0.2) is 0 Å². The zero-order chi connectivity index (χ0) is 29.9. The molecule has 0 radical (unpaired) electrons. The summed E-state index contributed by atoms with van der Waals surface area (Å²) in [6.45, 7) is 5.78. The Morgan fingerprint density at radius 3 is 1.50 bits per heavy atom. The fraction of sp³-hybridized carbons (Fsp3) is 0.625. The first-order valence-electron chi connectivity index (χ1n) is 15.2. The van der Waals surface area contributed by atoms with Crippen LogP contribution in [0.15, 0.2) is 31.7 Å². The molecule has 10 heteroatoms. The number of hydrogen-bond acceptors (Lipinski definition) is 10. The van der Waals surface area contributed by atoms with Gasteiger partial charge in [0.2, 0.25) is 0 Å². The third kappa shape index (κ3) is 8.54. The van der Waals surface area contributed by atoms with Crippen molar-refractivity contribution < 1.29 is 28.5 Å². The smallest absolute Gasteiger partial charge is 0.314 e. The number of rotatable bonds is 12. The second-order valence-electron chi connectivity index (χ2n) is 11.0. The van der Waals surface area contributed by atoms with Gasteiger partial charge >= 0.3 is 11.9 Å². The molecule has 0 unspecified atom stereocenters. The molecule has 8 nitrogen and oxygen atoms in total. The zero-order valence-electron chi connectivity index (χ0n) is 24.5. The second-order valence-corrected chi connectivity index (χ2v) is 13.3. The standard InChI is InChI=1S/C32H40N2O6S2/c1-3-5-17-37-24-11-7-21(8-12-24)30(35)39-26-15-16-27(29-28(26)41-32(42-29)23(19-33)20-34)40-31(36)22-9-13-25(14-10-22)38-18-6-4-2/h15-16,21-22,24-25H,3-14,17-18H2,1-2H3. The van der Waals surface area contributed by atoms with Crippen LogP contribution in [-0.4, -0.2) is 37.4 Å². The second kappa shape index (κ2) is 16.4. The summed E-state index contributed by atoms with van der Waals surface area (Å²) in [5.74, 6) is -0.320. The highest BCUT2D eigenvalue weighted by molar-refractivity contribution is 8.24. The van der Waals surface area contributed by atoms with Crippen molar-refractivity contribution in [2.45, 2.75) is 113 Å². The van der Waals surface area contributed by atoms with Crippen LogP contribution in [0.1, 0.15) is 90.9 Å². The van der Waals surface area contributed by atoms with Crippen LogP contribution in [0.5, 0.6) is 11.5 Å². The molecule has 2 aliphatic carbocycles. The van der Waals surface area contributed by atoms with Crippen LogP contribution in [0.25, 0.3) is 0 Å². The summed E-state index contributed by atoms with van der Waals surface area (Å²) in [4.78, 5) is 27.5. The van der Waals surface area contributed by atoms with E-state index in [1.807, 2.05) is 12.1 Å². The van der Waals surface area contributed by atoms with Crippen molar-refractivity contribution in [2.75, 3.05) is 13.2 Å². The first kappa shape index (κ1) is 32.4. The highest BCUT2D eigenvalue weighted by Crippen LogP contribution is 2.59. The van der Waals surface area contributed by atoms with Crippen molar-refractivity contribution in [3.05, 3.63) is 21.9 Å². The van der Waals surface area contributed by atoms with Crippen molar-refractivity contribution in [1.29, 1.82) is 10.5 Å². The van der Waals surface area contributed by atoms with Crippen LogP contribution in [0, 0.1) is 34.5 Å². The van der Waals surface area contributed by atoms with Gasteiger partial charge in [0.05, 0.1) is 38.1 Å². The number of carbonyl (C=O) groups is 2. The molecule has 2 fully saturated rings. The van der Waals surface area contributed by atoms with Gasteiger partial charge in [-0.05, 0) is 76.3 Å². The minimum atomic E-state index is -0.296. The molecule has 1 aromatic carbocycles. The average molecular weight is 613 g/mol. The first-order valence-corrected chi connectivity index (χ1v) is 16.8. The Balaban J connectivity index is 1.42. The SMILES string of the molecule is CCCCOC1CCC(C(=O)Oc2ccc(OC(=O)C3CCC(OCCCC)CC3)c3c2SC(=C(C#N)C#N)S3)CC1. The summed E-state index contributed by atoms with van der Waals surface area (Å²) < 4.78 is 24.1. The molecule has 0 atom stereocenters. The van der Waals surface area contributed by atoms with E-state index < -0.39 is 0 Å². The molecular formula is C32H40N2O6S2. The third-order valence-electron chi connectivity index (χ3n) is 8.00. The molecule has 2 saturated carbocycles. The summed E-state index contributed by atoms with van der Waals surface area (Å²) in [5.41, 5.74) is -0.0291. The molecule has 0 spiro atoms. The largest absolute Gasteiger partial charge is 0.425 e. The maximum absolute atomic E-state index is 13.1. The summed E-state index contributed by atoms with van der Waals surface area (Å²) in [7, 11) is 0. The van der Waals surface area contributed by atoms with E-state index in [1.165, 1.54) is 23.5 Å². The lowest BCUT2D eigenvalue weighted by atomic mass is 9.87. The van der Waals surface area contributed by atoms with Crippen molar-refractivity contribution in [3.63, 3.8) is 0 Å². The number of esters is 2. The number of benzene rings is 1. The predicted molar refractivity (Wildman–Crippen MR) is 161 cm³/mol. The van der Waals surface area contributed by atoms with Gasteiger partial charge in [-0.1, -0.05) is 50.2 Å². The molecule has 4 rings (SSSR count). The fourth-order valence-electron chi connectivity index (χ4n) is 5.41. The molecule has 3 aliphatic rings. The Morgan fingerprint density at radius 1 is 0.738 bits per heavy atom. The van der Waals surface area contributed by atoms with Crippen molar-refractivity contribution >= 4 is 35.5 Å². The molecule has 0 bridgehead atoms. The van der Waals surface area contributed by atoms with E-state index in [-0.39, 0.29) is 41.6 Å². The highest BCUT2D eigenvalue weighted by Gasteiger charge is 2.34. The van der Waals surface area contributed by atoms with E-state index in [4.69, 9.17) is 18.9 Å². The fourth-order valence-corrected chi connectivity index (χ4v) is 7.89. The minimum Gasteiger partial charge on any atom is -0.425 e. The monoisotopic (exact) mass is 612 g/mol. The van der Waals surface area contributed by atoms with Crippen molar-refractivity contribution in [3.8, 4) is 23.6 Å². The number of nitriles is 2. The number of ether oxygens (including phenoxy) is 4. The Bertz CT molecular complexity index is 1130. The summed E-state index contributed by atoms with van der Waals surface area (Å²) in [6.07, 6.45) is 10.8. The lowest BCUT2D eigenvalue weighted by Gasteiger charge is -2.28. The molecule has 226 valence electrons. The number of unbranched alkanes of at least 4 members (excludes halogenated alkanes) is 2. The van der Waals surface area contributed by atoms with Gasteiger partial charge in [-0.2, -0.15) is 10.5 Å². The number of allylic oxidation sites excluding steroid dienone is 1. The summed E-state index contributed by atoms with van der Waals surface area (Å²) >= 11 is 2.40. The van der Waals surface area contributed by atoms with Crippen molar-refractivity contribution in [1.82, 2.24) is 0 Å². The molecule has 0 amide bonds. The van der Waals surface area contributed by atoms with Crippen LogP contribution in [-0.2, 0) is 19.1 Å². The van der Waals surface area contributed by atoms with E-state index in [0.717, 1.165) is 64.6 Å². The molecule has 1 aromatic rings. The predicted octanol–water partition coefficient (Wildman–Crippen LogP) is 7.70. The maximum atomic E-state index is 13.1. The number of fused-ring (bicyclic) bond motifs is 1. The molecule has 1 heterocycles. The van der Waals surface area contributed by atoms with Crippen LogP contribution >= 0.6 is 23.5 Å². The molecular weight excluding hydrogens is 572 g/mol.